The van der Waals surface area contributed by atoms with E-state index in [0.717, 1.165) is 10.5 Å². The van der Waals surface area contributed by atoms with Crippen molar-refractivity contribution in [1.29, 1.82) is 0 Å². The maximum Gasteiger partial charge on any atom is 0.327 e. The van der Waals surface area contributed by atoms with Crippen molar-refractivity contribution in [3.8, 4) is 5.75 Å². The van der Waals surface area contributed by atoms with E-state index in [4.69, 9.17) is 4.74 Å². The summed E-state index contributed by atoms with van der Waals surface area (Å²) >= 11 is 0. The molecule has 6 nitrogen and oxygen atoms in total. The van der Waals surface area contributed by atoms with Crippen molar-refractivity contribution in [2.24, 2.45) is 5.41 Å². The van der Waals surface area contributed by atoms with Gasteiger partial charge in [0.15, 0.2) is 0 Å². The van der Waals surface area contributed by atoms with Gasteiger partial charge in [-0.2, -0.15) is 0 Å². The van der Waals surface area contributed by atoms with Crippen LogP contribution >= 0.6 is 0 Å². The number of hydrogen-bond donors (Lipinski definition) is 1. The van der Waals surface area contributed by atoms with E-state index >= 15 is 0 Å². The number of carboxylic acids is 1. The highest BCUT2D eigenvalue weighted by atomic mass is 16.5. The number of hydrogen-bond acceptors (Lipinski definition) is 4. The van der Waals surface area contributed by atoms with Crippen LogP contribution in [0.3, 0.4) is 0 Å². The molecule has 2 aromatic rings. The molecule has 3 rings (SSSR count). The van der Waals surface area contributed by atoms with E-state index in [9.17, 15) is 19.5 Å². The van der Waals surface area contributed by atoms with Crippen LogP contribution in [0.2, 0.25) is 0 Å². The van der Waals surface area contributed by atoms with Gasteiger partial charge in [-0.3, -0.25) is 14.5 Å². The van der Waals surface area contributed by atoms with E-state index in [-0.39, 0.29) is 11.1 Å². The highest BCUT2D eigenvalue weighted by molar-refractivity contribution is 6.22. The maximum atomic E-state index is 12.8. The molecular formula is C21H21NO5. The number of aliphatic carboxylic acids is 1. The van der Waals surface area contributed by atoms with Gasteiger partial charge in [0.25, 0.3) is 11.8 Å². The fourth-order valence-electron chi connectivity index (χ4n) is 3.17. The highest BCUT2D eigenvalue weighted by Gasteiger charge is 2.47. The fraction of sp³-hybridized carbons (Fsp3) is 0.286. The first-order chi connectivity index (χ1) is 12.7. The summed E-state index contributed by atoms with van der Waals surface area (Å²) in [7, 11) is 0. The summed E-state index contributed by atoms with van der Waals surface area (Å²) in [4.78, 5) is 38.1. The van der Waals surface area contributed by atoms with E-state index in [0.29, 0.717) is 12.4 Å². The van der Waals surface area contributed by atoms with Crippen molar-refractivity contribution >= 4 is 17.8 Å². The maximum absolute atomic E-state index is 12.8. The van der Waals surface area contributed by atoms with Crippen LogP contribution in [0.1, 0.15) is 47.1 Å². The van der Waals surface area contributed by atoms with Crippen molar-refractivity contribution < 1.29 is 24.2 Å². The number of benzene rings is 2. The summed E-state index contributed by atoms with van der Waals surface area (Å²) in [5.74, 6) is -1.96. The molecule has 1 heterocycles. The topological polar surface area (TPSA) is 83.9 Å². The van der Waals surface area contributed by atoms with E-state index in [1.165, 1.54) is 12.1 Å². The average molecular weight is 367 g/mol. The molecule has 140 valence electrons. The number of nitrogens with zero attached hydrogens (tertiary/aromatic N) is 1. The van der Waals surface area contributed by atoms with Gasteiger partial charge < -0.3 is 9.84 Å². The number of rotatable bonds is 5. The number of ether oxygens (including phenoxy) is 1. The van der Waals surface area contributed by atoms with Crippen LogP contribution in [0.5, 0.6) is 5.75 Å². The predicted molar refractivity (Wildman–Crippen MR) is 98.6 cm³/mol. The summed E-state index contributed by atoms with van der Waals surface area (Å²) in [5, 5.41) is 9.58. The molecule has 0 radical (unpaired) electrons. The van der Waals surface area contributed by atoms with Gasteiger partial charge in [0.05, 0.1) is 11.1 Å². The molecule has 2 amide bonds. The van der Waals surface area contributed by atoms with Gasteiger partial charge in [0.1, 0.15) is 18.4 Å². The summed E-state index contributed by atoms with van der Waals surface area (Å²) in [6.45, 7) is 5.38. The Morgan fingerprint density at radius 3 is 2.26 bits per heavy atom. The molecule has 0 bridgehead atoms. The summed E-state index contributed by atoms with van der Waals surface area (Å²) < 4.78 is 5.71. The lowest BCUT2D eigenvalue weighted by Crippen LogP contribution is -2.51. The molecule has 1 N–H and O–H groups in total. The van der Waals surface area contributed by atoms with E-state index in [2.05, 4.69) is 0 Å². The lowest BCUT2D eigenvalue weighted by Gasteiger charge is -2.33. The zero-order valence-corrected chi connectivity index (χ0v) is 15.4. The van der Waals surface area contributed by atoms with Crippen LogP contribution in [-0.4, -0.2) is 33.8 Å². The Labute approximate surface area is 157 Å². The smallest absolute Gasteiger partial charge is 0.327 e. The Morgan fingerprint density at radius 1 is 1.04 bits per heavy atom. The molecule has 1 atom stereocenters. The Morgan fingerprint density at radius 2 is 1.67 bits per heavy atom. The quantitative estimate of drug-likeness (QED) is 0.819. The Balaban J connectivity index is 1.87. The third kappa shape index (κ3) is 3.56. The van der Waals surface area contributed by atoms with Crippen molar-refractivity contribution in [3.63, 3.8) is 0 Å². The summed E-state index contributed by atoms with van der Waals surface area (Å²) in [6, 6.07) is 12.9. The molecule has 27 heavy (non-hydrogen) atoms. The van der Waals surface area contributed by atoms with Gasteiger partial charge in [0, 0.05) is 0 Å². The van der Waals surface area contributed by atoms with Crippen LogP contribution in [-0.2, 0) is 11.4 Å². The molecular weight excluding hydrogens is 346 g/mol. The number of amides is 2. The van der Waals surface area contributed by atoms with Crippen LogP contribution in [0, 0.1) is 5.41 Å². The third-order valence-electron chi connectivity index (χ3n) is 4.45. The van der Waals surface area contributed by atoms with Crippen LogP contribution in [0.25, 0.3) is 0 Å². The van der Waals surface area contributed by atoms with E-state index < -0.39 is 29.2 Å². The van der Waals surface area contributed by atoms with Crippen LogP contribution < -0.4 is 4.74 Å². The Hall–Kier alpha value is -3.15. The van der Waals surface area contributed by atoms with Crippen molar-refractivity contribution in [2.75, 3.05) is 0 Å². The number of fused-ring (bicyclic) bond motifs is 1. The molecule has 0 aliphatic carbocycles. The molecule has 0 saturated carbocycles. The Kier molecular flexibility index (Phi) is 4.74. The first-order valence-corrected chi connectivity index (χ1v) is 8.61. The molecule has 6 heteroatoms. The number of imide groups is 1. The number of carbonyl (C=O) groups excluding carboxylic acids is 2. The molecule has 1 aliphatic rings. The summed E-state index contributed by atoms with van der Waals surface area (Å²) in [5.41, 5.74) is 0.538. The molecule has 1 aliphatic heterocycles. The highest BCUT2D eigenvalue weighted by Crippen LogP contribution is 2.34. The van der Waals surface area contributed by atoms with E-state index in [1.54, 1.807) is 26.8 Å². The second-order valence-corrected chi connectivity index (χ2v) is 7.57. The lowest BCUT2D eigenvalue weighted by atomic mass is 9.85. The fourth-order valence-corrected chi connectivity index (χ4v) is 3.17. The lowest BCUT2D eigenvalue weighted by molar-refractivity contribution is -0.145. The molecule has 0 fully saturated rings. The SMILES string of the molecule is CC(C)(C)[C@@H](C(=O)O)N1C(=O)c2ccc(OCc3ccccc3)cc2C1=O. The van der Waals surface area contributed by atoms with E-state index in [1.807, 2.05) is 30.3 Å². The van der Waals surface area contributed by atoms with Gasteiger partial charge in [-0.25, -0.2) is 4.79 Å². The monoisotopic (exact) mass is 367 g/mol. The molecule has 0 saturated heterocycles. The van der Waals surface area contributed by atoms with Gasteiger partial charge in [-0.15, -0.1) is 0 Å². The minimum Gasteiger partial charge on any atom is -0.489 e. The average Bonchev–Trinajstić information content (AvgIpc) is 2.84. The molecule has 2 aromatic carbocycles. The zero-order chi connectivity index (χ0) is 19.8. The molecule has 0 aromatic heterocycles. The van der Waals surface area contributed by atoms with Crippen LogP contribution in [0.4, 0.5) is 0 Å². The minimum absolute atomic E-state index is 0.168. The third-order valence-corrected chi connectivity index (χ3v) is 4.45. The van der Waals surface area contributed by atoms with Crippen molar-refractivity contribution in [2.45, 2.75) is 33.4 Å². The number of carbonyl (C=O) groups is 3. The second-order valence-electron chi connectivity index (χ2n) is 7.57. The Bertz CT molecular complexity index is 899. The zero-order valence-electron chi connectivity index (χ0n) is 15.4. The van der Waals surface area contributed by atoms with Crippen LogP contribution in [0.15, 0.2) is 48.5 Å². The van der Waals surface area contributed by atoms with Gasteiger partial charge in [-0.05, 0) is 29.2 Å². The first-order valence-electron chi connectivity index (χ1n) is 8.61. The minimum atomic E-state index is -1.25. The summed E-state index contributed by atoms with van der Waals surface area (Å²) in [6.07, 6.45) is 0. The molecule has 0 spiro atoms. The number of carboxylic acid groups (broad SMARTS) is 1. The normalized spacial score (nSPS) is 14.9. The molecule has 0 unspecified atom stereocenters. The first kappa shape index (κ1) is 18.6. The largest absolute Gasteiger partial charge is 0.489 e. The van der Waals surface area contributed by atoms with Gasteiger partial charge >= 0.3 is 5.97 Å². The predicted octanol–water partition coefficient (Wildman–Crippen LogP) is 3.36. The van der Waals surface area contributed by atoms with Crippen molar-refractivity contribution in [3.05, 3.63) is 65.2 Å². The van der Waals surface area contributed by atoms with Crippen molar-refractivity contribution in [1.82, 2.24) is 4.90 Å². The van der Waals surface area contributed by atoms with Gasteiger partial charge in [-0.1, -0.05) is 51.1 Å². The van der Waals surface area contributed by atoms with Gasteiger partial charge in [0.2, 0.25) is 0 Å². The standard InChI is InChI=1S/C21H21NO5/c1-21(2,3)17(20(25)26)22-18(23)15-10-9-14(11-16(15)19(22)24)27-12-13-7-5-4-6-8-13/h4-11,17H,12H2,1-3H3,(H,25,26)/t17-/m1/s1. The second kappa shape index (κ2) is 6.87.